The highest BCUT2D eigenvalue weighted by Gasteiger charge is 2.37. The summed E-state index contributed by atoms with van der Waals surface area (Å²) in [6, 6.07) is 2.23. The lowest BCUT2D eigenvalue weighted by Crippen LogP contribution is -2.47. The van der Waals surface area contributed by atoms with Crippen molar-refractivity contribution in [2.45, 2.75) is 12.2 Å². The zero-order chi connectivity index (χ0) is 13.2. The van der Waals surface area contributed by atoms with Gasteiger partial charge in [-0.2, -0.15) is 13.2 Å². The maximum atomic E-state index is 12.9. The molecule has 3 nitrogen and oxygen atoms in total. The molecule has 0 spiro atoms. The number of nitrogens with zero attached hydrogens (tertiary/aromatic N) is 2. The molecule has 0 aliphatic carbocycles. The van der Waals surface area contributed by atoms with E-state index in [9.17, 15) is 13.2 Å². The Morgan fingerprint density at radius 3 is 2.94 bits per heavy atom. The van der Waals surface area contributed by atoms with E-state index in [1.54, 1.807) is 4.90 Å². The molecule has 1 aromatic heterocycles. The van der Waals surface area contributed by atoms with E-state index >= 15 is 0 Å². The molecule has 100 valence electrons. The van der Waals surface area contributed by atoms with E-state index in [1.807, 2.05) is 0 Å². The standard InChI is InChI=1S/C11H12BrF3N2O/c12-6-8-7-18-5-4-17(8)10-9(11(13,14)15)2-1-3-16-10/h1-3,8H,4-7H2. The molecule has 0 bridgehead atoms. The number of rotatable bonds is 2. The topological polar surface area (TPSA) is 25.4 Å². The molecule has 1 atom stereocenters. The monoisotopic (exact) mass is 324 g/mol. The number of alkyl halides is 4. The molecule has 0 N–H and O–H groups in total. The third-order valence-electron chi connectivity index (χ3n) is 2.77. The summed E-state index contributed by atoms with van der Waals surface area (Å²) in [5.74, 6) is -0.0160. The van der Waals surface area contributed by atoms with Crippen LogP contribution in [0, 0.1) is 0 Å². The molecular weight excluding hydrogens is 313 g/mol. The van der Waals surface area contributed by atoms with Crippen molar-refractivity contribution in [2.75, 3.05) is 30.0 Å². The number of anilines is 1. The van der Waals surface area contributed by atoms with Crippen LogP contribution in [0.2, 0.25) is 0 Å². The van der Waals surface area contributed by atoms with Crippen LogP contribution in [-0.4, -0.2) is 36.1 Å². The van der Waals surface area contributed by atoms with Gasteiger partial charge in [0.1, 0.15) is 5.82 Å². The number of hydrogen-bond acceptors (Lipinski definition) is 3. The molecule has 2 heterocycles. The molecule has 0 aromatic carbocycles. The van der Waals surface area contributed by atoms with Crippen molar-refractivity contribution in [1.82, 2.24) is 4.98 Å². The van der Waals surface area contributed by atoms with E-state index in [-0.39, 0.29) is 11.9 Å². The predicted molar refractivity (Wildman–Crippen MR) is 65.0 cm³/mol. The van der Waals surface area contributed by atoms with E-state index in [4.69, 9.17) is 4.74 Å². The van der Waals surface area contributed by atoms with Gasteiger partial charge in [-0.25, -0.2) is 4.98 Å². The predicted octanol–water partition coefficient (Wildman–Crippen LogP) is 2.70. The Bertz CT molecular complexity index is 414. The quantitative estimate of drug-likeness (QED) is 0.782. The van der Waals surface area contributed by atoms with E-state index in [1.165, 1.54) is 12.3 Å². The average Bonchev–Trinajstić information content (AvgIpc) is 2.37. The van der Waals surface area contributed by atoms with Crippen molar-refractivity contribution in [3.8, 4) is 0 Å². The van der Waals surface area contributed by atoms with Crippen LogP contribution in [0.3, 0.4) is 0 Å². The molecule has 1 fully saturated rings. The van der Waals surface area contributed by atoms with E-state index in [0.29, 0.717) is 25.1 Å². The number of hydrogen-bond donors (Lipinski definition) is 0. The van der Waals surface area contributed by atoms with Crippen LogP contribution in [0.5, 0.6) is 0 Å². The van der Waals surface area contributed by atoms with Gasteiger partial charge in [-0.1, -0.05) is 15.9 Å². The number of aromatic nitrogens is 1. The van der Waals surface area contributed by atoms with Crippen molar-refractivity contribution in [1.29, 1.82) is 0 Å². The summed E-state index contributed by atoms with van der Waals surface area (Å²) in [4.78, 5) is 5.55. The fourth-order valence-electron chi connectivity index (χ4n) is 1.91. The second-order valence-corrected chi connectivity index (χ2v) is 4.60. The highest BCUT2D eigenvalue weighted by atomic mass is 79.9. The van der Waals surface area contributed by atoms with Gasteiger partial charge in [0.2, 0.25) is 0 Å². The van der Waals surface area contributed by atoms with Gasteiger partial charge in [-0.05, 0) is 12.1 Å². The van der Waals surface area contributed by atoms with Crippen molar-refractivity contribution < 1.29 is 17.9 Å². The van der Waals surface area contributed by atoms with Crippen LogP contribution in [0.15, 0.2) is 18.3 Å². The van der Waals surface area contributed by atoms with E-state index in [2.05, 4.69) is 20.9 Å². The fraction of sp³-hybridized carbons (Fsp3) is 0.545. The van der Waals surface area contributed by atoms with Gasteiger partial charge in [-0.3, -0.25) is 0 Å². The maximum Gasteiger partial charge on any atom is 0.419 e. The first-order chi connectivity index (χ1) is 8.54. The van der Waals surface area contributed by atoms with Crippen LogP contribution in [0.25, 0.3) is 0 Å². The molecule has 1 aliphatic rings. The molecule has 2 rings (SSSR count). The molecule has 18 heavy (non-hydrogen) atoms. The smallest absolute Gasteiger partial charge is 0.377 e. The lowest BCUT2D eigenvalue weighted by atomic mass is 10.2. The van der Waals surface area contributed by atoms with Gasteiger partial charge < -0.3 is 9.64 Å². The summed E-state index contributed by atoms with van der Waals surface area (Å²) in [7, 11) is 0. The van der Waals surface area contributed by atoms with Gasteiger partial charge in [0.05, 0.1) is 24.8 Å². The Balaban J connectivity index is 2.37. The molecule has 1 unspecified atom stereocenters. The van der Waals surface area contributed by atoms with Crippen LogP contribution in [-0.2, 0) is 10.9 Å². The van der Waals surface area contributed by atoms with Gasteiger partial charge in [0.25, 0.3) is 0 Å². The second kappa shape index (κ2) is 5.44. The van der Waals surface area contributed by atoms with Gasteiger partial charge in [0.15, 0.2) is 0 Å². The first-order valence-electron chi connectivity index (χ1n) is 5.46. The summed E-state index contributed by atoms with van der Waals surface area (Å²) >= 11 is 3.29. The van der Waals surface area contributed by atoms with E-state index < -0.39 is 11.7 Å². The molecule has 1 aromatic rings. The average molecular weight is 325 g/mol. The lowest BCUT2D eigenvalue weighted by molar-refractivity contribution is -0.137. The fourth-order valence-corrected chi connectivity index (χ4v) is 2.45. The minimum atomic E-state index is -4.39. The summed E-state index contributed by atoms with van der Waals surface area (Å²) < 4.78 is 44.0. The number of pyridine rings is 1. The van der Waals surface area contributed by atoms with Crippen LogP contribution in [0.1, 0.15) is 5.56 Å². The van der Waals surface area contributed by atoms with Gasteiger partial charge in [-0.15, -0.1) is 0 Å². The molecule has 7 heteroatoms. The van der Waals surface area contributed by atoms with Crippen molar-refractivity contribution in [3.05, 3.63) is 23.9 Å². The minimum Gasteiger partial charge on any atom is -0.377 e. The van der Waals surface area contributed by atoms with Crippen molar-refractivity contribution in [3.63, 3.8) is 0 Å². The highest BCUT2D eigenvalue weighted by molar-refractivity contribution is 9.09. The number of ether oxygens (including phenoxy) is 1. The minimum absolute atomic E-state index is 0.0160. The maximum absolute atomic E-state index is 12.9. The first kappa shape index (κ1) is 13.6. The molecule has 0 amide bonds. The summed E-state index contributed by atoms with van der Waals surface area (Å²) in [5, 5.41) is 0.543. The van der Waals surface area contributed by atoms with E-state index in [0.717, 1.165) is 6.07 Å². The van der Waals surface area contributed by atoms with Gasteiger partial charge >= 0.3 is 6.18 Å². The summed E-state index contributed by atoms with van der Waals surface area (Å²) in [6.45, 7) is 1.23. The zero-order valence-electron chi connectivity index (χ0n) is 9.45. The Hall–Kier alpha value is -0.820. The normalized spacial score (nSPS) is 21.1. The van der Waals surface area contributed by atoms with Gasteiger partial charge in [0, 0.05) is 18.1 Å². The van der Waals surface area contributed by atoms with Crippen molar-refractivity contribution >= 4 is 21.7 Å². The highest BCUT2D eigenvalue weighted by Crippen LogP contribution is 2.36. The molecule has 1 saturated heterocycles. The lowest BCUT2D eigenvalue weighted by Gasteiger charge is -2.36. The number of morpholine rings is 1. The molecule has 1 aliphatic heterocycles. The Kier molecular flexibility index (Phi) is 4.11. The Labute approximate surface area is 111 Å². The molecule has 0 radical (unpaired) electrons. The molecule has 0 saturated carbocycles. The third kappa shape index (κ3) is 2.77. The summed E-state index contributed by atoms with van der Waals surface area (Å²) in [5.41, 5.74) is -0.696. The van der Waals surface area contributed by atoms with Crippen molar-refractivity contribution in [2.24, 2.45) is 0 Å². The third-order valence-corrected chi connectivity index (χ3v) is 3.52. The Morgan fingerprint density at radius 2 is 2.28 bits per heavy atom. The molecular formula is C11H12BrF3N2O. The number of halogens is 4. The Morgan fingerprint density at radius 1 is 1.50 bits per heavy atom. The van der Waals surface area contributed by atoms with Crippen LogP contribution >= 0.6 is 15.9 Å². The first-order valence-corrected chi connectivity index (χ1v) is 6.58. The zero-order valence-corrected chi connectivity index (χ0v) is 11.0. The summed E-state index contributed by atoms with van der Waals surface area (Å²) in [6.07, 6.45) is -3.01. The second-order valence-electron chi connectivity index (χ2n) is 3.95. The van der Waals surface area contributed by atoms with Crippen LogP contribution in [0.4, 0.5) is 19.0 Å². The van der Waals surface area contributed by atoms with Crippen LogP contribution < -0.4 is 4.90 Å². The SMILES string of the molecule is FC(F)(F)c1cccnc1N1CCOCC1CBr. The largest absolute Gasteiger partial charge is 0.419 e.